The van der Waals surface area contributed by atoms with Gasteiger partial charge in [-0.25, -0.2) is 8.42 Å². The van der Waals surface area contributed by atoms with Gasteiger partial charge in [0.15, 0.2) is 5.25 Å². The Kier molecular flexibility index (Phi) is 6.39. The van der Waals surface area contributed by atoms with Gasteiger partial charge in [-0.3, -0.25) is 0 Å². The molecule has 0 spiro atoms. The maximum absolute atomic E-state index is 12.2. The quantitative estimate of drug-likeness (QED) is 0.826. The molecule has 0 aromatic heterocycles. The lowest BCUT2D eigenvalue weighted by Gasteiger charge is -2.20. The van der Waals surface area contributed by atoms with E-state index in [1.807, 2.05) is 6.07 Å². The number of hydrogen-bond donors (Lipinski definition) is 1. The minimum Gasteiger partial charge on any atom is -0.384 e. The molecule has 1 atom stereocenters. The molecule has 0 bridgehead atoms. The zero-order valence-electron chi connectivity index (χ0n) is 12.1. The van der Waals surface area contributed by atoms with Crippen molar-refractivity contribution in [2.75, 3.05) is 13.7 Å². The molecule has 0 saturated carbocycles. The maximum atomic E-state index is 12.2. The molecular formula is C15H18N2O3S. The van der Waals surface area contributed by atoms with Crippen molar-refractivity contribution < 1.29 is 13.5 Å². The van der Waals surface area contributed by atoms with Crippen LogP contribution in [0, 0.1) is 23.2 Å². The Balaban J connectivity index is 3.04. The van der Waals surface area contributed by atoms with Crippen molar-refractivity contribution in [3.05, 3.63) is 35.4 Å². The second kappa shape index (κ2) is 7.80. The van der Waals surface area contributed by atoms with Gasteiger partial charge in [0.05, 0.1) is 6.07 Å². The third kappa shape index (κ3) is 4.30. The Morgan fingerprint density at radius 1 is 1.38 bits per heavy atom. The van der Waals surface area contributed by atoms with Crippen LogP contribution < -0.4 is 0 Å². The molecule has 0 amide bonds. The fraction of sp³-hybridized carbons (Fsp3) is 0.400. The second-order valence-electron chi connectivity index (χ2n) is 4.44. The summed E-state index contributed by atoms with van der Waals surface area (Å²) in [6.07, 6.45) is 0.245. The van der Waals surface area contributed by atoms with Crippen molar-refractivity contribution >= 4 is 10.0 Å². The van der Waals surface area contributed by atoms with Crippen LogP contribution in [0.25, 0.3) is 0 Å². The standard InChI is InChI=1S/C15H18N2O3S/c1-3-15(11-16)21(19,20)17(2)12-14-8-5-4-7-13(14)9-6-10-18/h4-5,7-8,15,18H,3,10,12H2,1-2H3. The summed E-state index contributed by atoms with van der Waals surface area (Å²) >= 11 is 0. The average molecular weight is 306 g/mol. The number of sulfonamides is 1. The van der Waals surface area contributed by atoms with Crippen molar-refractivity contribution in [3.63, 3.8) is 0 Å². The smallest absolute Gasteiger partial charge is 0.230 e. The van der Waals surface area contributed by atoms with E-state index < -0.39 is 15.3 Å². The first kappa shape index (κ1) is 17.2. The first-order valence-corrected chi connectivity index (χ1v) is 8.00. The van der Waals surface area contributed by atoms with E-state index >= 15 is 0 Å². The molecule has 0 radical (unpaired) electrons. The SMILES string of the molecule is CCC(C#N)S(=O)(=O)N(C)Cc1ccccc1C#CCO. The highest BCUT2D eigenvalue weighted by Crippen LogP contribution is 2.16. The summed E-state index contributed by atoms with van der Waals surface area (Å²) in [6.45, 7) is 1.55. The van der Waals surface area contributed by atoms with Crippen molar-refractivity contribution in [1.29, 1.82) is 5.26 Å². The van der Waals surface area contributed by atoms with Crippen molar-refractivity contribution in [3.8, 4) is 17.9 Å². The zero-order chi connectivity index (χ0) is 15.9. The summed E-state index contributed by atoms with van der Waals surface area (Å²) in [7, 11) is -2.21. The molecule has 1 N–H and O–H groups in total. The Labute approximate surface area is 125 Å². The Morgan fingerprint density at radius 2 is 2.05 bits per heavy atom. The molecule has 0 fully saturated rings. The van der Waals surface area contributed by atoms with Crippen molar-refractivity contribution in [1.82, 2.24) is 4.31 Å². The number of aliphatic hydroxyl groups is 1. The highest BCUT2D eigenvalue weighted by Gasteiger charge is 2.28. The van der Waals surface area contributed by atoms with Crippen molar-refractivity contribution in [2.24, 2.45) is 0 Å². The molecule has 1 unspecified atom stereocenters. The van der Waals surface area contributed by atoms with Crippen LogP contribution in [0.5, 0.6) is 0 Å². The third-order valence-electron chi connectivity index (χ3n) is 3.02. The Bertz CT molecular complexity index is 681. The number of aliphatic hydroxyl groups excluding tert-OH is 1. The molecule has 5 nitrogen and oxygen atoms in total. The first-order valence-electron chi connectivity index (χ1n) is 6.49. The molecule has 21 heavy (non-hydrogen) atoms. The summed E-state index contributed by atoms with van der Waals surface area (Å²) in [5.74, 6) is 5.34. The molecule has 1 aromatic rings. The van der Waals surface area contributed by atoms with Crippen LogP contribution in [0.1, 0.15) is 24.5 Å². The fourth-order valence-corrected chi connectivity index (χ4v) is 3.14. The highest BCUT2D eigenvalue weighted by molar-refractivity contribution is 7.89. The molecule has 0 saturated heterocycles. The molecule has 0 heterocycles. The predicted molar refractivity (Wildman–Crippen MR) is 80.5 cm³/mol. The lowest BCUT2D eigenvalue weighted by molar-refractivity contribution is 0.350. The van der Waals surface area contributed by atoms with Crippen molar-refractivity contribution in [2.45, 2.75) is 25.1 Å². The van der Waals surface area contributed by atoms with Gasteiger partial charge in [-0.2, -0.15) is 9.57 Å². The van der Waals surface area contributed by atoms with E-state index in [0.717, 1.165) is 5.56 Å². The second-order valence-corrected chi connectivity index (χ2v) is 6.67. The van der Waals surface area contributed by atoms with E-state index in [4.69, 9.17) is 10.4 Å². The van der Waals surface area contributed by atoms with Gasteiger partial charge in [0, 0.05) is 19.2 Å². The van der Waals surface area contributed by atoms with Gasteiger partial charge in [0.2, 0.25) is 10.0 Å². The first-order chi connectivity index (χ1) is 9.97. The summed E-state index contributed by atoms with van der Waals surface area (Å²) in [4.78, 5) is 0. The lowest BCUT2D eigenvalue weighted by Crippen LogP contribution is -2.34. The molecule has 0 aliphatic rings. The van der Waals surface area contributed by atoms with E-state index in [1.165, 1.54) is 11.4 Å². The molecule has 6 heteroatoms. The summed E-state index contributed by atoms with van der Waals surface area (Å²) in [6, 6.07) is 8.95. The lowest BCUT2D eigenvalue weighted by atomic mass is 10.1. The monoisotopic (exact) mass is 306 g/mol. The van der Waals surface area contributed by atoms with Crippen LogP contribution in [-0.2, 0) is 16.6 Å². The number of hydrogen-bond acceptors (Lipinski definition) is 4. The Hall–Kier alpha value is -1.86. The number of nitrogens with zero attached hydrogens (tertiary/aromatic N) is 2. The minimum atomic E-state index is -3.66. The van der Waals surface area contributed by atoms with E-state index in [1.54, 1.807) is 31.2 Å². The number of rotatable bonds is 5. The van der Waals surface area contributed by atoms with Crippen LogP contribution in [-0.4, -0.2) is 36.7 Å². The topological polar surface area (TPSA) is 81.4 Å². The van der Waals surface area contributed by atoms with Crippen LogP contribution >= 0.6 is 0 Å². The van der Waals surface area contributed by atoms with Gasteiger partial charge in [0.1, 0.15) is 6.61 Å². The van der Waals surface area contributed by atoms with Gasteiger partial charge < -0.3 is 5.11 Å². The third-order valence-corrected chi connectivity index (χ3v) is 5.18. The largest absolute Gasteiger partial charge is 0.384 e. The fourth-order valence-electron chi connectivity index (χ4n) is 1.83. The average Bonchev–Trinajstić information content (AvgIpc) is 2.47. The predicted octanol–water partition coefficient (Wildman–Crippen LogP) is 1.09. The van der Waals surface area contributed by atoms with E-state index in [0.29, 0.717) is 5.56 Å². The highest BCUT2D eigenvalue weighted by atomic mass is 32.2. The Morgan fingerprint density at radius 3 is 2.62 bits per heavy atom. The normalized spacial score (nSPS) is 12.3. The van der Waals surface area contributed by atoms with Crippen LogP contribution in [0.15, 0.2) is 24.3 Å². The summed E-state index contributed by atoms with van der Waals surface area (Å²) in [5, 5.41) is 16.6. The van der Waals surface area contributed by atoms with Gasteiger partial charge >= 0.3 is 0 Å². The van der Waals surface area contributed by atoms with Crippen LogP contribution in [0.3, 0.4) is 0 Å². The van der Waals surface area contributed by atoms with E-state index in [-0.39, 0.29) is 19.6 Å². The van der Waals surface area contributed by atoms with Gasteiger partial charge in [-0.05, 0) is 18.1 Å². The van der Waals surface area contributed by atoms with Gasteiger partial charge in [-0.15, -0.1) is 0 Å². The summed E-state index contributed by atoms with van der Waals surface area (Å²) < 4.78 is 25.7. The molecule has 1 rings (SSSR count). The molecule has 1 aromatic carbocycles. The van der Waals surface area contributed by atoms with Gasteiger partial charge in [0.25, 0.3) is 0 Å². The van der Waals surface area contributed by atoms with Crippen LogP contribution in [0.2, 0.25) is 0 Å². The molecule has 0 aliphatic heterocycles. The molecular weight excluding hydrogens is 288 g/mol. The van der Waals surface area contributed by atoms with E-state index in [9.17, 15) is 8.42 Å². The molecule has 0 aliphatic carbocycles. The number of nitriles is 1. The maximum Gasteiger partial charge on any atom is 0.230 e. The van der Waals surface area contributed by atoms with E-state index in [2.05, 4.69) is 11.8 Å². The van der Waals surface area contributed by atoms with Gasteiger partial charge in [-0.1, -0.05) is 37.0 Å². The number of benzene rings is 1. The van der Waals surface area contributed by atoms with Crippen LogP contribution in [0.4, 0.5) is 0 Å². The summed E-state index contributed by atoms with van der Waals surface area (Å²) in [5.41, 5.74) is 1.40. The minimum absolute atomic E-state index is 0.136. The molecule has 112 valence electrons. The zero-order valence-corrected chi connectivity index (χ0v) is 12.9.